The first-order valence-corrected chi connectivity index (χ1v) is 8.58. The Morgan fingerprint density at radius 3 is 2.69 bits per heavy atom. The van der Waals surface area contributed by atoms with E-state index in [0.29, 0.717) is 23.4 Å². The topological polar surface area (TPSA) is 84.4 Å². The van der Waals surface area contributed by atoms with Gasteiger partial charge in [0.05, 0.1) is 20.8 Å². The van der Waals surface area contributed by atoms with Crippen molar-refractivity contribution in [3.8, 4) is 11.5 Å². The van der Waals surface area contributed by atoms with Gasteiger partial charge in [-0.2, -0.15) is 0 Å². The standard InChI is InChI=1S/C18H28N4O4/c1-22(2)17(23)11-20-18(19-10-13-7-8-26-12-13)21-14-5-6-15(24-3)16(9-14)25-4/h5-6,9,13H,7-8,10-12H2,1-4H3,(H2,19,20,21). The predicted molar refractivity (Wildman–Crippen MR) is 101 cm³/mol. The molecule has 1 heterocycles. The first-order chi connectivity index (χ1) is 12.5. The largest absolute Gasteiger partial charge is 0.493 e. The molecule has 0 aliphatic carbocycles. The van der Waals surface area contributed by atoms with Crippen LogP contribution in [0.5, 0.6) is 11.5 Å². The summed E-state index contributed by atoms with van der Waals surface area (Å²) in [4.78, 5) is 17.8. The lowest BCUT2D eigenvalue weighted by Gasteiger charge is -2.17. The third kappa shape index (κ3) is 5.80. The molecule has 8 heteroatoms. The van der Waals surface area contributed by atoms with E-state index in [1.807, 2.05) is 18.2 Å². The van der Waals surface area contributed by atoms with Crippen molar-refractivity contribution in [2.45, 2.75) is 6.42 Å². The summed E-state index contributed by atoms with van der Waals surface area (Å²) in [5.74, 6) is 2.18. The molecule has 0 aromatic heterocycles. The summed E-state index contributed by atoms with van der Waals surface area (Å²) in [5, 5.41) is 6.50. The molecule has 1 atom stereocenters. The van der Waals surface area contributed by atoms with Gasteiger partial charge in [-0.15, -0.1) is 0 Å². The van der Waals surface area contributed by atoms with E-state index in [0.717, 1.165) is 31.9 Å². The first kappa shape index (κ1) is 19.8. The number of hydrogen-bond donors (Lipinski definition) is 2. The van der Waals surface area contributed by atoms with Crippen LogP contribution >= 0.6 is 0 Å². The van der Waals surface area contributed by atoms with E-state index in [1.165, 1.54) is 4.90 Å². The Morgan fingerprint density at radius 2 is 2.08 bits per heavy atom. The lowest BCUT2D eigenvalue weighted by Crippen LogP contribution is -2.36. The highest BCUT2D eigenvalue weighted by Gasteiger charge is 2.16. The maximum atomic E-state index is 11.9. The fourth-order valence-corrected chi connectivity index (χ4v) is 2.46. The molecule has 144 valence electrons. The minimum atomic E-state index is -0.0670. The van der Waals surface area contributed by atoms with Crippen LogP contribution in [0.1, 0.15) is 6.42 Å². The average Bonchev–Trinajstić information content (AvgIpc) is 3.16. The molecule has 1 aliphatic rings. The smallest absolute Gasteiger partial charge is 0.243 e. The van der Waals surface area contributed by atoms with Crippen molar-refractivity contribution in [2.75, 3.05) is 59.9 Å². The van der Waals surface area contributed by atoms with Crippen LogP contribution < -0.4 is 20.1 Å². The second-order valence-electron chi connectivity index (χ2n) is 6.26. The van der Waals surface area contributed by atoms with Gasteiger partial charge in [0.25, 0.3) is 0 Å². The quantitative estimate of drug-likeness (QED) is 0.558. The highest BCUT2D eigenvalue weighted by molar-refractivity contribution is 5.95. The number of benzene rings is 1. The molecule has 0 spiro atoms. The van der Waals surface area contributed by atoms with E-state index < -0.39 is 0 Å². The summed E-state index contributed by atoms with van der Waals surface area (Å²) in [6, 6.07) is 5.50. The molecule has 0 bridgehead atoms. The molecule has 1 fully saturated rings. The second kappa shape index (κ2) is 9.86. The average molecular weight is 364 g/mol. The Hall–Kier alpha value is -2.48. The molecule has 0 radical (unpaired) electrons. The molecule has 26 heavy (non-hydrogen) atoms. The van der Waals surface area contributed by atoms with Crippen LogP contribution in [0.15, 0.2) is 23.2 Å². The minimum Gasteiger partial charge on any atom is -0.493 e. The van der Waals surface area contributed by atoms with Crippen LogP contribution in [-0.4, -0.2) is 71.4 Å². The molecule has 8 nitrogen and oxygen atoms in total. The number of carbonyl (C=O) groups excluding carboxylic acids is 1. The summed E-state index contributed by atoms with van der Waals surface area (Å²) >= 11 is 0. The number of likely N-dealkylation sites (N-methyl/N-ethyl adjacent to an activating group) is 1. The maximum Gasteiger partial charge on any atom is 0.243 e. The van der Waals surface area contributed by atoms with Crippen molar-refractivity contribution >= 4 is 17.6 Å². The predicted octanol–water partition coefficient (Wildman–Crippen LogP) is 1.19. The number of methoxy groups -OCH3 is 2. The van der Waals surface area contributed by atoms with Gasteiger partial charge < -0.3 is 29.7 Å². The number of amides is 1. The van der Waals surface area contributed by atoms with Crippen molar-refractivity contribution in [3.05, 3.63) is 18.2 Å². The highest BCUT2D eigenvalue weighted by Crippen LogP contribution is 2.29. The van der Waals surface area contributed by atoms with Gasteiger partial charge in [0.1, 0.15) is 6.54 Å². The van der Waals surface area contributed by atoms with Gasteiger partial charge in [0, 0.05) is 44.9 Å². The molecule has 1 unspecified atom stereocenters. The van der Waals surface area contributed by atoms with E-state index in [4.69, 9.17) is 14.2 Å². The van der Waals surface area contributed by atoms with E-state index in [-0.39, 0.29) is 12.5 Å². The van der Waals surface area contributed by atoms with E-state index in [2.05, 4.69) is 15.6 Å². The van der Waals surface area contributed by atoms with Gasteiger partial charge >= 0.3 is 0 Å². The Morgan fingerprint density at radius 1 is 1.31 bits per heavy atom. The Labute approximate surface area is 154 Å². The Kier molecular flexibility index (Phi) is 7.53. The fraction of sp³-hybridized carbons (Fsp3) is 0.556. The summed E-state index contributed by atoms with van der Waals surface area (Å²) < 4.78 is 16.0. The molecule has 1 amide bonds. The number of ether oxygens (including phenoxy) is 3. The van der Waals surface area contributed by atoms with Gasteiger partial charge in [-0.3, -0.25) is 4.79 Å². The number of anilines is 1. The fourth-order valence-electron chi connectivity index (χ4n) is 2.46. The molecule has 2 N–H and O–H groups in total. The second-order valence-corrected chi connectivity index (χ2v) is 6.26. The lowest BCUT2D eigenvalue weighted by atomic mass is 10.1. The normalized spacial score (nSPS) is 16.9. The number of carbonyl (C=O) groups is 1. The number of guanidine groups is 1. The SMILES string of the molecule is COc1ccc(NC(=NCC(=O)N(C)C)NCC2CCOC2)cc1OC. The molecular formula is C18H28N4O4. The van der Waals surface area contributed by atoms with Crippen LogP contribution in [0.3, 0.4) is 0 Å². The van der Waals surface area contributed by atoms with E-state index in [1.54, 1.807) is 28.3 Å². The van der Waals surface area contributed by atoms with Crippen LogP contribution in [0.4, 0.5) is 5.69 Å². The van der Waals surface area contributed by atoms with Crippen molar-refractivity contribution < 1.29 is 19.0 Å². The molecular weight excluding hydrogens is 336 g/mol. The zero-order chi connectivity index (χ0) is 18.9. The van der Waals surface area contributed by atoms with E-state index >= 15 is 0 Å². The van der Waals surface area contributed by atoms with Crippen molar-refractivity contribution in [3.63, 3.8) is 0 Å². The number of nitrogens with zero attached hydrogens (tertiary/aromatic N) is 2. The van der Waals surface area contributed by atoms with Gasteiger partial charge in [-0.25, -0.2) is 4.99 Å². The third-order valence-electron chi connectivity index (χ3n) is 4.10. The summed E-state index contributed by atoms with van der Waals surface area (Å²) in [6.45, 7) is 2.33. The van der Waals surface area contributed by atoms with Crippen molar-refractivity contribution in [1.29, 1.82) is 0 Å². The molecule has 2 rings (SSSR count). The monoisotopic (exact) mass is 364 g/mol. The van der Waals surface area contributed by atoms with Crippen LogP contribution in [0, 0.1) is 5.92 Å². The van der Waals surface area contributed by atoms with E-state index in [9.17, 15) is 4.79 Å². The molecule has 1 aromatic rings. The van der Waals surface area contributed by atoms with Crippen molar-refractivity contribution in [2.24, 2.45) is 10.9 Å². The third-order valence-corrected chi connectivity index (χ3v) is 4.10. The molecule has 1 saturated heterocycles. The lowest BCUT2D eigenvalue weighted by molar-refractivity contribution is -0.127. The number of hydrogen-bond acceptors (Lipinski definition) is 5. The minimum absolute atomic E-state index is 0.0663. The Balaban J connectivity index is 2.08. The van der Waals surface area contributed by atoms with Gasteiger partial charge in [0.15, 0.2) is 17.5 Å². The van der Waals surface area contributed by atoms with Crippen LogP contribution in [0.2, 0.25) is 0 Å². The van der Waals surface area contributed by atoms with Gasteiger partial charge in [0.2, 0.25) is 5.91 Å². The molecule has 0 saturated carbocycles. The number of nitrogens with one attached hydrogen (secondary N) is 2. The van der Waals surface area contributed by atoms with Crippen LogP contribution in [0.25, 0.3) is 0 Å². The summed E-state index contributed by atoms with van der Waals surface area (Å²) in [7, 11) is 6.60. The Bertz CT molecular complexity index is 628. The summed E-state index contributed by atoms with van der Waals surface area (Å²) in [6.07, 6.45) is 1.02. The van der Waals surface area contributed by atoms with Gasteiger partial charge in [-0.05, 0) is 18.6 Å². The highest BCUT2D eigenvalue weighted by atomic mass is 16.5. The van der Waals surface area contributed by atoms with Gasteiger partial charge in [-0.1, -0.05) is 0 Å². The van der Waals surface area contributed by atoms with Crippen LogP contribution in [-0.2, 0) is 9.53 Å². The van der Waals surface area contributed by atoms with Crippen molar-refractivity contribution in [1.82, 2.24) is 10.2 Å². The number of aliphatic imine (C=N–C) groups is 1. The zero-order valence-electron chi connectivity index (χ0n) is 15.9. The molecule has 1 aliphatic heterocycles. The first-order valence-electron chi connectivity index (χ1n) is 8.58. The zero-order valence-corrected chi connectivity index (χ0v) is 15.9. The number of rotatable bonds is 7. The maximum absolute atomic E-state index is 11.9. The molecule has 1 aromatic carbocycles. The summed E-state index contributed by atoms with van der Waals surface area (Å²) in [5.41, 5.74) is 0.786.